The molecule has 0 spiro atoms. The lowest BCUT2D eigenvalue weighted by Gasteiger charge is -2.09. The van der Waals surface area contributed by atoms with Crippen LogP contribution in [0.1, 0.15) is 11.1 Å². The Bertz CT molecular complexity index is 712. The Morgan fingerprint density at radius 3 is 2.50 bits per heavy atom. The van der Waals surface area contributed by atoms with Gasteiger partial charge < -0.3 is 20.5 Å². The van der Waals surface area contributed by atoms with Crippen molar-refractivity contribution in [2.75, 3.05) is 25.6 Å². The molecule has 2 aromatic rings. The van der Waals surface area contributed by atoms with Crippen LogP contribution in [0.5, 0.6) is 11.5 Å². The first kappa shape index (κ1) is 17.9. The first-order chi connectivity index (χ1) is 11.5. The van der Waals surface area contributed by atoms with Crippen LogP contribution in [-0.4, -0.2) is 26.2 Å². The predicted molar refractivity (Wildman–Crippen MR) is 99.5 cm³/mol. The van der Waals surface area contributed by atoms with Crippen molar-refractivity contribution in [3.05, 3.63) is 52.5 Å². The van der Waals surface area contributed by atoms with Gasteiger partial charge >= 0.3 is 0 Å². The van der Waals surface area contributed by atoms with E-state index in [0.29, 0.717) is 29.9 Å². The number of guanidine groups is 1. The maximum absolute atomic E-state index is 6.07. The van der Waals surface area contributed by atoms with Crippen LogP contribution in [0.25, 0.3) is 0 Å². The molecule has 0 saturated heterocycles. The summed E-state index contributed by atoms with van der Waals surface area (Å²) in [6.07, 6.45) is 0. The molecule has 2 aromatic carbocycles. The summed E-state index contributed by atoms with van der Waals surface area (Å²) < 4.78 is 10.8. The van der Waals surface area contributed by atoms with E-state index in [1.165, 1.54) is 11.1 Å². The van der Waals surface area contributed by atoms with E-state index >= 15 is 0 Å². The number of hydrogen-bond donors (Lipinski definition) is 2. The highest BCUT2D eigenvalue weighted by atomic mass is 35.5. The van der Waals surface area contributed by atoms with Gasteiger partial charge in [0.05, 0.1) is 18.7 Å². The highest BCUT2D eigenvalue weighted by Crippen LogP contribution is 2.27. The molecular formula is C18H22ClN3O2. The maximum Gasteiger partial charge on any atom is 0.193 e. The summed E-state index contributed by atoms with van der Waals surface area (Å²) in [5.41, 5.74) is 8.96. The van der Waals surface area contributed by atoms with Crippen molar-refractivity contribution in [3.63, 3.8) is 0 Å². The number of methoxy groups -OCH3 is 1. The Hall–Kier alpha value is -2.40. The van der Waals surface area contributed by atoms with Crippen molar-refractivity contribution in [3.8, 4) is 11.5 Å². The van der Waals surface area contributed by atoms with Crippen molar-refractivity contribution in [1.29, 1.82) is 0 Å². The molecule has 0 aliphatic rings. The lowest BCUT2D eigenvalue weighted by atomic mass is 10.1. The second-order valence-electron chi connectivity index (χ2n) is 5.41. The van der Waals surface area contributed by atoms with Crippen molar-refractivity contribution in [2.24, 2.45) is 10.7 Å². The Kier molecular flexibility index (Phi) is 6.32. The van der Waals surface area contributed by atoms with Crippen molar-refractivity contribution < 1.29 is 9.47 Å². The lowest BCUT2D eigenvalue weighted by molar-refractivity contribution is 0.328. The van der Waals surface area contributed by atoms with Gasteiger partial charge in [-0.05, 0) is 55.3 Å². The molecule has 0 fully saturated rings. The molecular weight excluding hydrogens is 326 g/mol. The number of nitrogens with two attached hydrogens (primary N) is 1. The number of halogens is 1. The average Bonchev–Trinajstić information content (AvgIpc) is 2.51. The van der Waals surface area contributed by atoms with Gasteiger partial charge in [0.15, 0.2) is 5.96 Å². The molecule has 24 heavy (non-hydrogen) atoms. The fraction of sp³-hybridized carbons (Fsp3) is 0.278. The van der Waals surface area contributed by atoms with Gasteiger partial charge in [0.25, 0.3) is 0 Å². The average molecular weight is 348 g/mol. The Morgan fingerprint density at radius 1 is 1.17 bits per heavy atom. The predicted octanol–water partition coefficient (Wildman–Crippen LogP) is 3.77. The molecule has 0 aliphatic heterocycles. The zero-order valence-electron chi connectivity index (χ0n) is 14.1. The normalized spacial score (nSPS) is 11.2. The fourth-order valence-electron chi connectivity index (χ4n) is 2.28. The van der Waals surface area contributed by atoms with Crippen LogP contribution in [0.4, 0.5) is 5.69 Å². The second kappa shape index (κ2) is 8.45. The maximum atomic E-state index is 6.07. The first-order valence-electron chi connectivity index (χ1n) is 7.59. The number of anilines is 1. The van der Waals surface area contributed by atoms with Crippen LogP contribution < -0.4 is 20.5 Å². The molecule has 0 aromatic heterocycles. The fourth-order valence-corrected chi connectivity index (χ4v) is 2.54. The van der Waals surface area contributed by atoms with Crippen LogP contribution in [0.15, 0.2) is 41.4 Å². The van der Waals surface area contributed by atoms with Gasteiger partial charge in [-0.1, -0.05) is 17.7 Å². The number of nitrogens with one attached hydrogen (secondary N) is 1. The van der Waals surface area contributed by atoms with Crippen LogP contribution in [-0.2, 0) is 0 Å². The number of aliphatic imine (C=N–C) groups is 1. The lowest BCUT2D eigenvalue weighted by Crippen LogP contribution is -2.23. The van der Waals surface area contributed by atoms with Gasteiger partial charge in [-0.2, -0.15) is 0 Å². The van der Waals surface area contributed by atoms with Gasteiger partial charge in [0.1, 0.15) is 18.1 Å². The monoisotopic (exact) mass is 347 g/mol. The number of hydrogen-bond acceptors (Lipinski definition) is 3. The summed E-state index contributed by atoms with van der Waals surface area (Å²) in [5.74, 6) is 1.76. The van der Waals surface area contributed by atoms with Crippen LogP contribution in [0.3, 0.4) is 0 Å². The molecule has 2 rings (SSSR count). The van der Waals surface area contributed by atoms with E-state index in [4.69, 9.17) is 26.8 Å². The minimum absolute atomic E-state index is 0.306. The van der Waals surface area contributed by atoms with E-state index in [-0.39, 0.29) is 0 Å². The summed E-state index contributed by atoms with van der Waals surface area (Å²) in [4.78, 5) is 4.24. The molecule has 0 radical (unpaired) electrons. The van der Waals surface area contributed by atoms with E-state index in [2.05, 4.69) is 16.4 Å². The zero-order chi connectivity index (χ0) is 17.5. The Balaban J connectivity index is 1.84. The van der Waals surface area contributed by atoms with Crippen LogP contribution in [0, 0.1) is 13.8 Å². The van der Waals surface area contributed by atoms with Gasteiger partial charge in [0, 0.05) is 5.69 Å². The third-order valence-electron chi connectivity index (χ3n) is 3.26. The topological polar surface area (TPSA) is 68.9 Å². The van der Waals surface area contributed by atoms with E-state index in [1.54, 1.807) is 19.2 Å². The van der Waals surface area contributed by atoms with E-state index in [0.717, 1.165) is 11.4 Å². The summed E-state index contributed by atoms with van der Waals surface area (Å²) in [7, 11) is 1.57. The molecule has 0 atom stereocenters. The van der Waals surface area contributed by atoms with E-state index < -0.39 is 0 Å². The van der Waals surface area contributed by atoms with Gasteiger partial charge in [-0.25, -0.2) is 4.99 Å². The summed E-state index contributed by atoms with van der Waals surface area (Å²) in [6.45, 7) is 4.99. The van der Waals surface area contributed by atoms with Crippen molar-refractivity contribution in [1.82, 2.24) is 0 Å². The molecule has 0 amide bonds. The van der Waals surface area contributed by atoms with E-state index in [1.807, 2.05) is 32.0 Å². The third kappa shape index (κ3) is 5.35. The number of rotatable bonds is 6. The SMILES string of the molecule is COc1ccc(NC(N)=NCCOc2cc(C)cc(C)c2)cc1Cl. The molecule has 0 unspecified atom stereocenters. The highest BCUT2D eigenvalue weighted by Gasteiger charge is 2.02. The molecule has 6 heteroatoms. The van der Waals surface area contributed by atoms with Gasteiger partial charge in [-0.3, -0.25) is 0 Å². The van der Waals surface area contributed by atoms with Crippen molar-refractivity contribution in [2.45, 2.75) is 13.8 Å². The quantitative estimate of drug-likeness (QED) is 0.474. The molecule has 5 nitrogen and oxygen atoms in total. The standard InChI is InChI=1S/C18H22ClN3O2/c1-12-8-13(2)10-15(9-12)24-7-6-21-18(20)22-14-4-5-17(23-3)16(19)11-14/h4-5,8-11H,6-7H2,1-3H3,(H3,20,21,22). The molecule has 0 aliphatic carbocycles. The Labute approximate surface area is 147 Å². The summed E-state index contributed by atoms with van der Waals surface area (Å²) in [5, 5.41) is 3.49. The van der Waals surface area contributed by atoms with E-state index in [9.17, 15) is 0 Å². The molecule has 0 heterocycles. The minimum atomic E-state index is 0.306. The van der Waals surface area contributed by atoms with Crippen LogP contribution >= 0.6 is 11.6 Å². The second-order valence-corrected chi connectivity index (χ2v) is 5.82. The largest absolute Gasteiger partial charge is 0.495 e. The van der Waals surface area contributed by atoms with Crippen LogP contribution in [0.2, 0.25) is 5.02 Å². The number of nitrogens with zero attached hydrogens (tertiary/aromatic N) is 1. The molecule has 0 saturated carbocycles. The first-order valence-corrected chi connectivity index (χ1v) is 7.97. The molecule has 3 N–H and O–H groups in total. The highest BCUT2D eigenvalue weighted by molar-refractivity contribution is 6.32. The summed E-state index contributed by atoms with van der Waals surface area (Å²) >= 11 is 6.07. The third-order valence-corrected chi connectivity index (χ3v) is 3.56. The van der Waals surface area contributed by atoms with Gasteiger partial charge in [-0.15, -0.1) is 0 Å². The number of benzene rings is 2. The number of aryl methyl sites for hydroxylation is 2. The molecule has 0 bridgehead atoms. The zero-order valence-corrected chi connectivity index (χ0v) is 14.9. The minimum Gasteiger partial charge on any atom is -0.495 e. The smallest absolute Gasteiger partial charge is 0.193 e. The number of ether oxygens (including phenoxy) is 2. The molecule has 128 valence electrons. The Morgan fingerprint density at radius 2 is 1.88 bits per heavy atom. The van der Waals surface area contributed by atoms with Gasteiger partial charge in [0.2, 0.25) is 0 Å². The summed E-state index contributed by atoms with van der Waals surface area (Å²) in [6, 6.07) is 11.4. The van der Waals surface area contributed by atoms with Crippen molar-refractivity contribution >= 4 is 23.2 Å².